The van der Waals surface area contributed by atoms with Crippen LogP contribution in [0.25, 0.3) is 16.6 Å². The monoisotopic (exact) mass is 405 g/mol. The number of benzene rings is 1. The molecule has 30 heavy (non-hydrogen) atoms. The van der Waals surface area contributed by atoms with Gasteiger partial charge in [0.05, 0.1) is 35.8 Å². The number of nitrogens with one attached hydrogen (secondary N) is 1. The van der Waals surface area contributed by atoms with Crippen LogP contribution in [0.3, 0.4) is 0 Å². The van der Waals surface area contributed by atoms with Gasteiger partial charge in [-0.15, -0.1) is 0 Å². The first-order valence-corrected chi connectivity index (χ1v) is 9.82. The molecule has 152 valence electrons. The van der Waals surface area contributed by atoms with E-state index < -0.39 is 0 Å². The zero-order valence-electron chi connectivity index (χ0n) is 16.4. The first-order valence-electron chi connectivity index (χ1n) is 9.82. The Labute approximate surface area is 172 Å². The minimum absolute atomic E-state index is 0.181. The van der Waals surface area contributed by atoms with Gasteiger partial charge in [0.15, 0.2) is 0 Å². The Kier molecular flexibility index (Phi) is 4.55. The molecule has 4 heterocycles. The lowest BCUT2D eigenvalue weighted by Gasteiger charge is -2.15. The van der Waals surface area contributed by atoms with Crippen molar-refractivity contribution in [3.05, 3.63) is 65.8 Å². The van der Waals surface area contributed by atoms with E-state index in [-0.39, 0.29) is 12.4 Å². The van der Waals surface area contributed by atoms with Crippen molar-refractivity contribution in [2.45, 2.75) is 26.4 Å². The number of hydrogen-bond acceptors (Lipinski definition) is 6. The molecule has 0 saturated heterocycles. The van der Waals surface area contributed by atoms with Gasteiger partial charge < -0.3 is 15.2 Å². The zero-order valence-corrected chi connectivity index (χ0v) is 16.4. The Morgan fingerprint density at radius 1 is 1.17 bits per heavy atom. The number of halogens is 1. The second kappa shape index (κ2) is 7.38. The zero-order chi connectivity index (χ0) is 20.7. The average Bonchev–Trinajstić information content (AvgIpc) is 3.43. The van der Waals surface area contributed by atoms with E-state index in [0.717, 1.165) is 27.9 Å². The molecule has 0 bridgehead atoms. The van der Waals surface area contributed by atoms with Crippen molar-refractivity contribution in [1.82, 2.24) is 19.4 Å². The lowest BCUT2D eigenvalue weighted by Crippen LogP contribution is -2.06. The number of aliphatic hydroxyl groups excluding tert-OH is 1. The second-order valence-electron chi connectivity index (χ2n) is 7.04. The molecule has 1 aliphatic heterocycles. The standard InChI is InChI=1S/C22H20FN5O2/c1-2-17-21-15(13-4-3-8-24-18(13)11-29)10-25-22(28(21)12-26-17)27-20-14-7-9-30-19(14)6-5-16(20)23/h3-6,8,10,12,29H,2,7,9,11H2,1H3,(H,25,27). The van der Waals surface area contributed by atoms with Crippen molar-refractivity contribution in [2.24, 2.45) is 0 Å². The molecule has 0 atom stereocenters. The fourth-order valence-electron chi connectivity index (χ4n) is 3.93. The Morgan fingerprint density at radius 3 is 2.90 bits per heavy atom. The van der Waals surface area contributed by atoms with Gasteiger partial charge in [0.2, 0.25) is 5.95 Å². The summed E-state index contributed by atoms with van der Waals surface area (Å²) in [6, 6.07) is 6.77. The number of imidazole rings is 1. The maximum absolute atomic E-state index is 14.6. The molecule has 7 nitrogen and oxygen atoms in total. The SMILES string of the molecule is CCc1ncn2c(Nc3c(F)ccc4c3CCO4)ncc(-c3cccnc3CO)c12. The minimum Gasteiger partial charge on any atom is -0.493 e. The lowest BCUT2D eigenvalue weighted by atomic mass is 10.0. The predicted molar refractivity (Wildman–Crippen MR) is 110 cm³/mol. The highest BCUT2D eigenvalue weighted by molar-refractivity contribution is 5.84. The third-order valence-electron chi connectivity index (χ3n) is 5.37. The summed E-state index contributed by atoms with van der Waals surface area (Å²) in [7, 11) is 0. The highest BCUT2D eigenvalue weighted by Crippen LogP contribution is 2.36. The number of hydrogen-bond donors (Lipinski definition) is 2. The molecule has 0 unspecified atom stereocenters. The summed E-state index contributed by atoms with van der Waals surface area (Å²) in [5.41, 5.74) is 5.07. The Bertz CT molecular complexity index is 1250. The summed E-state index contributed by atoms with van der Waals surface area (Å²) in [6.07, 6.45) is 6.39. The Hall–Kier alpha value is -3.52. The first-order chi connectivity index (χ1) is 14.7. The molecule has 5 rings (SSSR count). The molecule has 0 amide bonds. The van der Waals surface area contributed by atoms with Crippen LogP contribution in [0.15, 0.2) is 43.0 Å². The molecule has 1 aliphatic rings. The van der Waals surface area contributed by atoms with Crippen LogP contribution in [0.1, 0.15) is 23.9 Å². The topological polar surface area (TPSA) is 84.6 Å². The third-order valence-corrected chi connectivity index (χ3v) is 5.37. The number of pyridine rings is 1. The summed E-state index contributed by atoms with van der Waals surface area (Å²) in [4.78, 5) is 13.4. The quantitative estimate of drug-likeness (QED) is 0.527. The molecule has 0 saturated carbocycles. The van der Waals surface area contributed by atoms with E-state index in [9.17, 15) is 9.50 Å². The van der Waals surface area contributed by atoms with E-state index in [2.05, 4.69) is 20.3 Å². The number of aromatic nitrogens is 4. The Morgan fingerprint density at radius 2 is 2.07 bits per heavy atom. The number of aryl methyl sites for hydroxylation is 1. The maximum atomic E-state index is 14.6. The summed E-state index contributed by atoms with van der Waals surface area (Å²) >= 11 is 0. The number of rotatable bonds is 5. The van der Waals surface area contributed by atoms with Gasteiger partial charge in [0.1, 0.15) is 17.9 Å². The molecule has 8 heteroatoms. The van der Waals surface area contributed by atoms with E-state index >= 15 is 0 Å². The van der Waals surface area contributed by atoms with E-state index in [1.54, 1.807) is 24.8 Å². The highest BCUT2D eigenvalue weighted by atomic mass is 19.1. The van der Waals surface area contributed by atoms with Gasteiger partial charge in [-0.1, -0.05) is 13.0 Å². The number of nitrogens with zero attached hydrogens (tertiary/aromatic N) is 4. The van der Waals surface area contributed by atoms with Gasteiger partial charge in [0.25, 0.3) is 0 Å². The van der Waals surface area contributed by atoms with Gasteiger partial charge in [-0.25, -0.2) is 14.4 Å². The van der Waals surface area contributed by atoms with Crippen LogP contribution in [0.2, 0.25) is 0 Å². The molecule has 4 aromatic rings. The third kappa shape index (κ3) is 2.88. The van der Waals surface area contributed by atoms with E-state index in [0.29, 0.717) is 42.5 Å². The summed E-state index contributed by atoms with van der Waals surface area (Å²) in [5.74, 6) is 0.785. The summed E-state index contributed by atoms with van der Waals surface area (Å²) in [6.45, 7) is 2.38. The van der Waals surface area contributed by atoms with Crippen LogP contribution >= 0.6 is 0 Å². The van der Waals surface area contributed by atoms with Crippen molar-refractivity contribution in [3.8, 4) is 16.9 Å². The summed E-state index contributed by atoms with van der Waals surface area (Å²) in [5, 5.41) is 12.9. The van der Waals surface area contributed by atoms with Crippen LogP contribution in [0, 0.1) is 5.82 Å². The van der Waals surface area contributed by atoms with Gasteiger partial charge in [-0.05, 0) is 24.6 Å². The van der Waals surface area contributed by atoms with Crippen molar-refractivity contribution in [1.29, 1.82) is 0 Å². The molecule has 0 radical (unpaired) electrons. The van der Waals surface area contributed by atoms with Crippen molar-refractivity contribution in [2.75, 3.05) is 11.9 Å². The van der Waals surface area contributed by atoms with E-state index in [1.165, 1.54) is 6.07 Å². The van der Waals surface area contributed by atoms with Crippen LogP contribution in [0.5, 0.6) is 5.75 Å². The molecule has 3 aromatic heterocycles. The predicted octanol–water partition coefficient (Wildman–Crippen LogP) is 3.66. The van der Waals surface area contributed by atoms with Gasteiger partial charge in [-0.2, -0.15) is 0 Å². The molecule has 0 fully saturated rings. The maximum Gasteiger partial charge on any atom is 0.213 e. The van der Waals surface area contributed by atoms with Crippen LogP contribution < -0.4 is 10.1 Å². The number of aliphatic hydroxyl groups is 1. The largest absolute Gasteiger partial charge is 0.493 e. The molecule has 1 aromatic carbocycles. The van der Waals surface area contributed by atoms with Gasteiger partial charge in [-0.3, -0.25) is 9.38 Å². The molecule has 2 N–H and O–H groups in total. The van der Waals surface area contributed by atoms with Crippen LogP contribution in [-0.2, 0) is 19.4 Å². The second-order valence-corrected chi connectivity index (χ2v) is 7.04. The molecule has 0 aliphatic carbocycles. The van der Waals surface area contributed by atoms with Crippen molar-refractivity contribution < 1.29 is 14.2 Å². The van der Waals surface area contributed by atoms with Gasteiger partial charge >= 0.3 is 0 Å². The van der Waals surface area contributed by atoms with Gasteiger partial charge in [0, 0.05) is 35.5 Å². The van der Waals surface area contributed by atoms with Crippen LogP contribution in [0.4, 0.5) is 16.0 Å². The summed E-state index contributed by atoms with van der Waals surface area (Å²) < 4.78 is 22.0. The smallest absolute Gasteiger partial charge is 0.213 e. The number of anilines is 2. The van der Waals surface area contributed by atoms with E-state index in [1.807, 2.05) is 23.5 Å². The molecule has 0 spiro atoms. The number of ether oxygens (including phenoxy) is 1. The average molecular weight is 405 g/mol. The fourth-order valence-corrected chi connectivity index (χ4v) is 3.93. The fraction of sp³-hybridized carbons (Fsp3) is 0.227. The first kappa shape index (κ1) is 18.5. The molecular formula is C22H20FN5O2. The van der Waals surface area contributed by atoms with Crippen molar-refractivity contribution >= 4 is 17.2 Å². The highest BCUT2D eigenvalue weighted by Gasteiger charge is 2.22. The Balaban J connectivity index is 1.68. The van der Waals surface area contributed by atoms with E-state index in [4.69, 9.17) is 4.74 Å². The lowest BCUT2D eigenvalue weighted by molar-refractivity contribution is 0.277. The van der Waals surface area contributed by atoms with Crippen molar-refractivity contribution in [3.63, 3.8) is 0 Å². The van der Waals surface area contributed by atoms with Crippen LogP contribution in [-0.4, -0.2) is 31.1 Å². The number of fused-ring (bicyclic) bond motifs is 2. The molecular weight excluding hydrogens is 385 g/mol. The normalized spacial score (nSPS) is 12.8. The minimum atomic E-state index is -0.357.